The summed E-state index contributed by atoms with van der Waals surface area (Å²) in [5, 5.41) is 16.3. The Bertz CT molecular complexity index is 1110. The highest BCUT2D eigenvalue weighted by Gasteiger charge is 2.39. The van der Waals surface area contributed by atoms with Crippen LogP contribution in [0.1, 0.15) is 6.42 Å². The number of aryl methyl sites for hydroxylation is 1. The Hall–Kier alpha value is -3.20. The summed E-state index contributed by atoms with van der Waals surface area (Å²) < 4.78 is 9.54. The monoisotopic (exact) mass is 362 g/mol. The van der Waals surface area contributed by atoms with E-state index in [0.717, 1.165) is 53.6 Å². The summed E-state index contributed by atoms with van der Waals surface area (Å²) in [6.07, 6.45) is 7.14. The van der Waals surface area contributed by atoms with Crippen LogP contribution in [-0.4, -0.2) is 59.9 Å². The zero-order valence-corrected chi connectivity index (χ0v) is 14.8. The van der Waals surface area contributed by atoms with Crippen LogP contribution in [0.5, 0.6) is 0 Å². The van der Waals surface area contributed by atoms with E-state index >= 15 is 0 Å². The van der Waals surface area contributed by atoms with Crippen molar-refractivity contribution in [2.75, 3.05) is 18.0 Å². The summed E-state index contributed by atoms with van der Waals surface area (Å²) in [4.78, 5) is 6.95. The molecule has 2 atom stereocenters. The van der Waals surface area contributed by atoms with Gasteiger partial charge in [-0.05, 0) is 18.2 Å². The fourth-order valence-electron chi connectivity index (χ4n) is 4.06. The highest BCUT2D eigenvalue weighted by molar-refractivity contribution is 5.79. The van der Waals surface area contributed by atoms with E-state index in [0.29, 0.717) is 12.2 Å². The van der Waals surface area contributed by atoms with Crippen LogP contribution in [0, 0.1) is 0 Å². The third-order valence-electron chi connectivity index (χ3n) is 5.41. The Morgan fingerprint density at radius 1 is 1.15 bits per heavy atom. The van der Waals surface area contributed by atoms with Crippen molar-refractivity contribution in [1.82, 2.24) is 34.6 Å². The number of nitrogens with one attached hydrogen (secondary N) is 1. The van der Waals surface area contributed by atoms with Gasteiger partial charge in [0.1, 0.15) is 5.69 Å². The molecule has 0 radical (unpaired) electrons. The molecule has 0 spiro atoms. The van der Waals surface area contributed by atoms with Crippen molar-refractivity contribution in [3.8, 4) is 22.6 Å². The molecule has 9 heteroatoms. The van der Waals surface area contributed by atoms with E-state index in [4.69, 9.17) is 9.84 Å². The van der Waals surface area contributed by atoms with Crippen LogP contribution < -0.4 is 4.90 Å². The van der Waals surface area contributed by atoms with Gasteiger partial charge < -0.3 is 9.64 Å². The van der Waals surface area contributed by atoms with Gasteiger partial charge in [-0.2, -0.15) is 10.2 Å². The van der Waals surface area contributed by atoms with E-state index in [1.807, 2.05) is 34.6 Å². The van der Waals surface area contributed by atoms with Crippen LogP contribution in [0.2, 0.25) is 0 Å². The number of hydrogen-bond acceptors (Lipinski definition) is 6. The van der Waals surface area contributed by atoms with E-state index in [9.17, 15) is 0 Å². The fraction of sp³-hybridized carbons (Fsp3) is 0.333. The Labute approximate surface area is 154 Å². The number of imidazole rings is 1. The maximum absolute atomic E-state index is 5.79. The Balaban J connectivity index is 1.57. The molecule has 7 rings (SSSR count). The van der Waals surface area contributed by atoms with Crippen LogP contribution >= 0.6 is 0 Å². The SMILES string of the molecule is Cn1nccc1-c1cc(N2CC3CC(C2)O3)nn2c(-c3ccn[nH]3)cnc12. The smallest absolute Gasteiger partial charge is 0.163 e. The van der Waals surface area contributed by atoms with Gasteiger partial charge in [0.15, 0.2) is 11.5 Å². The molecule has 2 bridgehead atoms. The standard InChI is InChI=1S/C18H18N8O/c1-24-15(3-5-21-24)13-7-17(25-9-11-6-12(10-25)27-11)23-26-16(8-19-18(13)26)14-2-4-20-22-14/h2-5,7-8,11-12H,6,9-10H2,1H3,(H,20,22). The van der Waals surface area contributed by atoms with Crippen LogP contribution in [0.3, 0.4) is 0 Å². The fourth-order valence-corrected chi connectivity index (χ4v) is 4.06. The first-order valence-corrected chi connectivity index (χ1v) is 9.03. The van der Waals surface area contributed by atoms with E-state index in [1.54, 1.807) is 12.4 Å². The number of fused-ring (bicyclic) bond motifs is 3. The molecule has 4 aromatic heterocycles. The highest BCUT2D eigenvalue weighted by Crippen LogP contribution is 2.34. The molecule has 0 saturated carbocycles. The number of nitrogens with zero attached hydrogens (tertiary/aromatic N) is 7. The van der Waals surface area contributed by atoms with Crippen molar-refractivity contribution in [2.45, 2.75) is 18.6 Å². The van der Waals surface area contributed by atoms with E-state index < -0.39 is 0 Å². The molecular formula is C18H18N8O. The largest absolute Gasteiger partial charge is 0.371 e. The van der Waals surface area contributed by atoms with Gasteiger partial charge in [0.2, 0.25) is 0 Å². The van der Waals surface area contributed by atoms with Crippen molar-refractivity contribution in [1.29, 1.82) is 0 Å². The number of piperidine rings is 1. The second-order valence-corrected chi connectivity index (χ2v) is 7.13. The summed E-state index contributed by atoms with van der Waals surface area (Å²) in [5.41, 5.74) is 4.57. The lowest BCUT2D eigenvalue weighted by molar-refractivity contribution is -0.133. The molecule has 0 amide bonds. The van der Waals surface area contributed by atoms with Crippen molar-refractivity contribution >= 4 is 11.5 Å². The second kappa shape index (κ2) is 5.40. The minimum atomic E-state index is 0.316. The number of ether oxygens (including phenoxy) is 1. The molecule has 7 heterocycles. The number of morpholine rings is 1. The first-order valence-electron chi connectivity index (χ1n) is 9.03. The average molecular weight is 362 g/mol. The number of hydrogen-bond donors (Lipinski definition) is 1. The van der Waals surface area contributed by atoms with Crippen molar-refractivity contribution in [2.24, 2.45) is 7.05 Å². The first-order chi connectivity index (χ1) is 13.3. The topological polar surface area (TPSA) is 89.2 Å². The van der Waals surface area contributed by atoms with Crippen molar-refractivity contribution in [3.63, 3.8) is 0 Å². The van der Waals surface area contributed by atoms with Gasteiger partial charge >= 0.3 is 0 Å². The third-order valence-corrected chi connectivity index (χ3v) is 5.41. The molecule has 1 N–H and O–H groups in total. The maximum atomic E-state index is 5.79. The summed E-state index contributed by atoms with van der Waals surface area (Å²) in [5.74, 6) is 0.926. The van der Waals surface area contributed by atoms with Crippen LogP contribution in [0.15, 0.2) is 36.8 Å². The Morgan fingerprint density at radius 2 is 2.00 bits per heavy atom. The van der Waals surface area contributed by atoms with Crippen molar-refractivity contribution in [3.05, 3.63) is 36.8 Å². The highest BCUT2D eigenvalue weighted by atomic mass is 16.5. The lowest BCUT2D eigenvalue weighted by Crippen LogP contribution is -2.57. The number of rotatable bonds is 3. The molecule has 9 nitrogen and oxygen atoms in total. The molecule has 27 heavy (non-hydrogen) atoms. The van der Waals surface area contributed by atoms with Crippen molar-refractivity contribution < 1.29 is 4.74 Å². The summed E-state index contributed by atoms with van der Waals surface area (Å²) >= 11 is 0. The molecule has 0 aromatic carbocycles. The molecule has 136 valence electrons. The third kappa shape index (κ3) is 2.21. The summed E-state index contributed by atoms with van der Waals surface area (Å²) in [6.45, 7) is 1.74. The minimum Gasteiger partial charge on any atom is -0.371 e. The van der Waals surface area contributed by atoms with Gasteiger partial charge in [-0.1, -0.05) is 0 Å². The molecule has 4 aromatic rings. The molecule has 3 saturated heterocycles. The zero-order chi connectivity index (χ0) is 18.0. The van der Waals surface area contributed by atoms with Crippen LogP contribution in [-0.2, 0) is 11.8 Å². The van der Waals surface area contributed by atoms with E-state index in [2.05, 4.69) is 31.2 Å². The lowest BCUT2D eigenvalue weighted by atomic mass is 9.99. The first kappa shape index (κ1) is 14.9. The number of H-pyrrole nitrogens is 1. The van der Waals surface area contributed by atoms with Gasteiger partial charge in [-0.25, -0.2) is 9.50 Å². The van der Waals surface area contributed by atoms with Crippen LogP contribution in [0.4, 0.5) is 5.82 Å². The molecule has 3 fully saturated rings. The molecule has 0 aliphatic carbocycles. The Kier molecular flexibility index (Phi) is 2.98. The molecular weight excluding hydrogens is 344 g/mol. The Morgan fingerprint density at radius 3 is 2.70 bits per heavy atom. The van der Waals surface area contributed by atoms with Gasteiger partial charge in [-0.15, -0.1) is 5.10 Å². The average Bonchev–Trinajstić information content (AvgIpc) is 3.40. The number of aromatic nitrogens is 7. The summed E-state index contributed by atoms with van der Waals surface area (Å²) in [6, 6.07) is 6.03. The lowest BCUT2D eigenvalue weighted by Gasteiger charge is -2.47. The number of aromatic amines is 1. The van der Waals surface area contributed by atoms with Gasteiger partial charge in [0.25, 0.3) is 0 Å². The van der Waals surface area contributed by atoms with Gasteiger partial charge in [-0.3, -0.25) is 9.78 Å². The molecule has 3 aliphatic rings. The van der Waals surface area contributed by atoms with Gasteiger partial charge in [0.05, 0.1) is 29.8 Å². The van der Waals surface area contributed by atoms with Gasteiger partial charge in [0, 0.05) is 44.5 Å². The maximum Gasteiger partial charge on any atom is 0.163 e. The molecule has 2 unspecified atom stereocenters. The quantitative estimate of drug-likeness (QED) is 0.594. The number of anilines is 1. The van der Waals surface area contributed by atoms with E-state index in [-0.39, 0.29) is 0 Å². The second-order valence-electron chi connectivity index (χ2n) is 7.13. The zero-order valence-electron chi connectivity index (χ0n) is 14.8. The van der Waals surface area contributed by atoms with E-state index in [1.165, 1.54) is 0 Å². The predicted molar refractivity (Wildman–Crippen MR) is 98.3 cm³/mol. The normalized spacial score (nSPS) is 21.6. The summed E-state index contributed by atoms with van der Waals surface area (Å²) in [7, 11) is 1.94. The predicted octanol–water partition coefficient (Wildman–Crippen LogP) is 1.50. The van der Waals surface area contributed by atoms with Crippen LogP contribution in [0.25, 0.3) is 28.3 Å². The molecule has 3 aliphatic heterocycles. The minimum absolute atomic E-state index is 0.316.